The van der Waals surface area contributed by atoms with Gasteiger partial charge in [-0.3, -0.25) is 4.57 Å². The Kier molecular flexibility index (Phi) is 4.46. The van der Waals surface area contributed by atoms with E-state index >= 15 is 0 Å². The Morgan fingerprint density at radius 1 is 1.43 bits per heavy atom. The molecule has 0 aromatic carbocycles. The molecule has 9 nitrogen and oxygen atoms in total. The molecule has 3 atom stereocenters. The molecule has 0 amide bonds. The summed E-state index contributed by atoms with van der Waals surface area (Å²) in [6.45, 7) is -0.126. The van der Waals surface area contributed by atoms with Crippen LogP contribution in [0.1, 0.15) is 0 Å². The van der Waals surface area contributed by atoms with Crippen molar-refractivity contribution in [3.05, 3.63) is 35.0 Å². The second-order valence-electron chi connectivity index (χ2n) is 4.90. The molecule has 0 radical (unpaired) electrons. The molecule has 23 heavy (non-hydrogen) atoms. The van der Waals surface area contributed by atoms with E-state index in [0.29, 0.717) is 5.75 Å². The lowest BCUT2D eigenvalue weighted by molar-refractivity contribution is 0.0417. The van der Waals surface area contributed by atoms with Crippen LogP contribution in [0.5, 0.6) is 6.01 Å². The molecule has 3 heterocycles. The molecule has 0 unspecified atom stereocenters. The summed E-state index contributed by atoms with van der Waals surface area (Å²) < 4.78 is 6.79. The Balaban J connectivity index is 1.82. The molecule has 4 N–H and O–H groups in total. The smallest absolute Gasteiger partial charge is 0.355 e. The van der Waals surface area contributed by atoms with Gasteiger partial charge in [-0.15, -0.1) is 11.8 Å². The topological polar surface area (TPSA) is 136 Å². The monoisotopic (exact) mass is 337 g/mol. The maximum Gasteiger partial charge on any atom is 0.355 e. The van der Waals surface area contributed by atoms with E-state index in [9.17, 15) is 9.90 Å². The van der Waals surface area contributed by atoms with Gasteiger partial charge in [0.15, 0.2) is 0 Å². The van der Waals surface area contributed by atoms with Gasteiger partial charge in [-0.25, -0.2) is 9.78 Å². The third kappa shape index (κ3) is 3.28. The lowest BCUT2D eigenvalue weighted by atomic mass is 10.2. The number of hydrogen-bond donors (Lipinski definition) is 3. The molecule has 0 bridgehead atoms. The van der Waals surface area contributed by atoms with E-state index in [1.54, 1.807) is 0 Å². The predicted molar refractivity (Wildman–Crippen MR) is 83.6 cm³/mol. The predicted octanol–water partition coefficient (Wildman–Crippen LogP) is -1.18. The molecular formula is C13H15N5O4S. The number of thioether (sulfide) groups is 1. The third-order valence-electron chi connectivity index (χ3n) is 3.36. The van der Waals surface area contributed by atoms with E-state index in [1.165, 1.54) is 40.9 Å². The Morgan fingerprint density at radius 3 is 2.96 bits per heavy atom. The van der Waals surface area contributed by atoms with Crippen LogP contribution in [0.25, 0.3) is 5.82 Å². The molecule has 2 aromatic heterocycles. The van der Waals surface area contributed by atoms with Crippen molar-refractivity contribution in [1.29, 1.82) is 0 Å². The van der Waals surface area contributed by atoms with Crippen LogP contribution in [0, 0.1) is 0 Å². The summed E-state index contributed by atoms with van der Waals surface area (Å²) in [5, 5.41) is 18.9. The molecule has 0 spiro atoms. The molecule has 3 rings (SSSR count). The zero-order chi connectivity index (χ0) is 16.4. The molecule has 1 aliphatic rings. The number of anilines is 1. The number of nitrogens with two attached hydrogens (primary N) is 1. The van der Waals surface area contributed by atoms with Gasteiger partial charge in [0.1, 0.15) is 23.8 Å². The maximum absolute atomic E-state index is 11.8. The molecule has 0 saturated carbocycles. The van der Waals surface area contributed by atoms with E-state index in [2.05, 4.69) is 15.0 Å². The fourth-order valence-corrected chi connectivity index (χ4v) is 3.35. The Hall–Kier alpha value is -2.17. The van der Waals surface area contributed by atoms with Crippen molar-refractivity contribution in [1.82, 2.24) is 19.5 Å². The highest BCUT2D eigenvalue weighted by Crippen LogP contribution is 2.29. The molecular weight excluding hydrogens is 322 g/mol. The first-order chi connectivity index (χ1) is 11.1. The summed E-state index contributed by atoms with van der Waals surface area (Å²) in [5.74, 6) is 0.924. The van der Waals surface area contributed by atoms with Crippen molar-refractivity contribution in [2.75, 3.05) is 18.1 Å². The number of aliphatic hydroxyl groups excluding tert-OH is 2. The zero-order valence-electron chi connectivity index (χ0n) is 11.9. The van der Waals surface area contributed by atoms with Crippen LogP contribution < -0.4 is 16.2 Å². The van der Waals surface area contributed by atoms with Gasteiger partial charge in [0.25, 0.3) is 0 Å². The van der Waals surface area contributed by atoms with Gasteiger partial charge in [-0.05, 0) is 6.07 Å². The first kappa shape index (κ1) is 15.7. The van der Waals surface area contributed by atoms with E-state index in [1.807, 2.05) is 0 Å². The summed E-state index contributed by atoms with van der Waals surface area (Å²) in [5.41, 5.74) is 4.89. The lowest BCUT2D eigenvalue weighted by Crippen LogP contribution is -2.36. The SMILES string of the molecule is Nc1ccn(-c2ccnc(O[C@@H]3CS[C@H](CO)[C@H]3O)n2)c(=O)n1. The molecule has 1 saturated heterocycles. The van der Waals surface area contributed by atoms with E-state index in [-0.39, 0.29) is 29.5 Å². The van der Waals surface area contributed by atoms with Gasteiger partial charge in [0, 0.05) is 24.2 Å². The van der Waals surface area contributed by atoms with Gasteiger partial charge >= 0.3 is 11.7 Å². The van der Waals surface area contributed by atoms with Crippen molar-refractivity contribution in [3.8, 4) is 11.8 Å². The minimum absolute atomic E-state index is 0.0365. The fraction of sp³-hybridized carbons (Fsp3) is 0.385. The standard InChI is InChI=1S/C13H15N5O4S/c14-9-2-4-18(13(21)16-9)10-1-3-15-12(17-10)22-7-6-23-8(5-19)11(7)20/h1-4,7-8,11,19-20H,5-6H2,(H2,14,16,21)/t7-,8-,11+/m1/s1. The summed E-state index contributed by atoms with van der Waals surface area (Å²) in [6.07, 6.45) is 1.57. The summed E-state index contributed by atoms with van der Waals surface area (Å²) in [4.78, 5) is 23.6. The highest BCUT2D eigenvalue weighted by atomic mass is 32.2. The second-order valence-corrected chi connectivity index (χ2v) is 6.18. The molecule has 0 aliphatic carbocycles. The van der Waals surface area contributed by atoms with Crippen LogP contribution in [0.2, 0.25) is 0 Å². The average molecular weight is 337 g/mol. The first-order valence-corrected chi connectivity index (χ1v) is 7.89. The third-order valence-corrected chi connectivity index (χ3v) is 4.74. The highest BCUT2D eigenvalue weighted by molar-refractivity contribution is 8.00. The van der Waals surface area contributed by atoms with Crippen LogP contribution in [0.15, 0.2) is 29.3 Å². The van der Waals surface area contributed by atoms with Gasteiger partial charge in [0.05, 0.1) is 11.9 Å². The van der Waals surface area contributed by atoms with Crippen molar-refractivity contribution in [2.24, 2.45) is 0 Å². The van der Waals surface area contributed by atoms with Crippen molar-refractivity contribution < 1.29 is 14.9 Å². The number of nitrogen functional groups attached to an aromatic ring is 1. The zero-order valence-corrected chi connectivity index (χ0v) is 12.8. The van der Waals surface area contributed by atoms with Crippen LogP contribution >= 0.6 is 11.8 Å². The van der Waals surface area contributed by atoms with E-state index < -0.39 is 17.9 Å². The van der Waals surface area contributed by atoms with Crippen LogP contribution in [-0.4, -0.2) is 59.5 Å². The van der Waals surface area contributed by atoms with Gasteiger partial charge in [0.2, 0.25) is 0 Å². The summed E-state index contributed by atoms with van der Waals surface area (Å²) in [7, 11) is 0. The van der Waals surface area contributed by atoms with Crippen LogP contribution in [0.3, 0.4) is 0 Å². The minimum Gasteiger partial charge on any atom is -0.456 e. The van der Waals surface area contributed by atoms with Crippen LogP contribution in [-0.2, 0) is 0 Å². The summed E-state index contributed by atoms with van der Waals surface area (Å²) in [6, 6.07) is 3.05. The van der Waals surface area contributed by atoms with Gasteiger partial charge in [-0.2, -0.15) is 9.97 Å². The lowest BCUT2D eigenvalue weighted by Gasteiger charge is -2.17. The maximum atomic E-state index is 11.8. The molecule has 1 aliphatic heterocycles. The molecule has 1 fully saturated rings. The number of hydrogen-bond acceptors (Lipinski definition) is 9. The number of aliphatic hydroxyl groups is 2. The average Bonchev–Trinajstić information content (AvgIpc) is 2.88. The second kappa shape index (κ2) is 6.52. The largest absolute Gasteiger partial charge is 0.456 e. The van der Waals surface area contributed by atoms with Crippen molar-refractivity contribution in [3.63, 3.8) is 0 Å². The van der Waals surface area contributed by atoms with E-state index in [0.717, 1.165) is 0 Å². The van der Waals surface area contributed by atoms with Crippen molar-refractivity contribution >= 4 is 17.6 Å². The molecule has 10 heteroatoms. The Labute approximate surface area is 135 Å². The Morgan fingerprint density at radius 2 is 2.26 bits per heavy atom. The van der Waals surface area contributed by atoms with Gasteiger partial charge in [-0.1, -0.05) is 0 Å². The highest BCUT2D eigenvalue weighted by Gasteiger charge is 2.37. The van der Waals surface area contributed by atoms with Crippen LogP contribution in [0.4, 0.5) is 5.82 Å². The Bertz CT molecular complexity index is 755. The normalized spacial score (nSPS) is 23.8. The molecule has 122 valence electrons. The van der Waals surface area contributed by atoms with Gasteiger partial charge < -0.3 is 20.7 Å². The van der Waals surface area contributed by atoms with E-state index in [4.69, 9.17) is 15.6 Å². The quantitative estimate of drug-likeness (QED) is 0.629. The number of aromatic nitrogens is 4. The number of rotatable bonds is 4. The van der Waals surface area contributed by atoms with Crippen molar-refractivity contribution in [2.45, 2.75) is 17.5 Å². The minimum atomic E-state index is -0.807. The summed E-state index contributed by atoms with van der Waals surface area (Å²) >= 11 is 1.42. The molecule has 2 aromatic rings. The number of nitrogens with zero attached hydrogens (tertiary/aromatic N) is 4. The first-order valence-electron chi connectivity index (χ1n) is 6.84. The fourth-order valence-electron chi connectivity index (χ4n) is 2.17. The number of ether oxygens (including phenoxy) is 1.